The minimum Gasteiger partial charge on any atom is -0.347 e. The van der Waals surface area contributed by atoms with Crippen LogP contribution in [0.5, 0.6) is 0 Å². The number of likely N-dealkylation sites (N-methyl/N-ethyl adjacent to an activating group) is 1. The maximum absolute atomic E-state index is 11.2. The Hall–Kier alpha value is -1.49. The van der Waals surface area contributed by atoms with E-state index in [0.29, 0.717) is 5.78 Å². The van der Waals surface area contributed by atoms with Crippen molar-refractivity contribution < 1.29 is 14.3 Å². The van der Waals surface area contributed by atoms with E-state index in [9.17, 15) is 4.79 Å². The minimum atomic E-state index is -0.378. The molecule has 0 spiro atoms. The second-order valence-corrected chi connectivity index (χ2v) is 15.9. The third-order valence-electron chi connectivity index (χ3n) is 10.5. The lowest BCUT2D eigenvalue weighted by Gasteiger charge is -2.29. The lowest BCUT2D eigenvalue weighted by molar-refractivity contribution is -0.180. The molecule has 1 atom stereocenters. The second kappa shape index (κ2) is 36.5. The lowest BCUT2D eigenvalue weighted by atomic mass is 9.98. The molecule has 52 heavy (non-hydrogen) atoms. The first-order chi connectivity index (χ1) is 25.5. The molecule has 4 nitrogen and oxygen atoms in total. The molecule has 1 heterocycles. The fourth-order valence-electron chi connectivity index (χ4n) is 7.23. The van der Waals surface area contributed by atoms with Crippen LogP contribution in [0.1, 0.15) is 213 Å². The van der Waals surface area contributed by atoms with Crippen molar-refractivity contribution in [3.8, 4) is 0 Å². The number of ketones is 1. The third kappa shape index (κ3) is 30.9. The van der Waals surface area contributed by atoms with E-state index in [0.717, 1.165) is 71.1 Å². The number of carbonyl (C=O) groups is 1. The van der Waals surface area contributed by atoms with Crippen LogP contribution < -0.4 is 0 Å². The number of nitrogens with zero attached hydrogens (tertiary/aromatic N) is 1. The highest BCUT2D eigenvalue weighted by Crippen LogP contribution is 2.35. The van der Waals surface area contributed by atoms with Gasteiger partial charge in [0.05, 0.1) is 12.7 Å². The maximum Gasteiger partial charge on any atom is 0.168 e. The summed E-state index contributed by atoms with van der Waals surface area (Å²) in [6.07, 6.45) is 55.7. The smallest absolute Gasteiger partial charge is 0.168 e. The molecule has 0 bridgehead atoms. The van der Waals surface area contributed by atoms with Crippen LogP contribution in [0.3, 0.4) is 0 Å². The van der Waals surface area contributed by atoms with Gasteiger partial charge < -0.3 is 19.2 Å². The quantitative estimate of drug-likeness (QED) is 0.0469. The van der Waals surface area contributed by atoms with Crippen LogP contribution in [0.4, 0.5) is 0 Å². The molecule has 1 aliphatic rings. The van der Waals surface area contributed by atoms with Gasteiger partial charge in [0.25, 0.3) is 0 Å². The van der Waals surface area contributed by atoms with Gasteiger partial charge in [0, 0.05) is 25.8 Å². The predicted molar refractivity (Wildman–Crippen MR) is 228 cm³/mol. The maximum atomic E-state index is 11.2. The van der Waals surface area contributed by atoms with E-state index in [4.69, 9.17) is 9.47 Å². The molecule has 0 N–H and O–H groups in total. The molecule has 1 rings (SSSR count). The fraction of sp³-hybridized carbons (Fsp3) is 0.812. The zero-order valence-corrected chi connectivity index (χ0v) is 35.2. The molecule has 302 valence electrons. The molecule has 0 aromatic rings. The second-order valence-electron chi connectivity index (χ2n) is 15.9. The Balaban J connectivity index is 2.31. The van der Waals surface area contributed by atoms with Crippen molar-refractivity contribution in [2.75, 3.05) is 26.7 Å². The van der Waals surface area contributed by atoms with Gasteiger partial charge in [-0.15, -0.1) is 0 Å². The average Bonchev–Trinajstić information content (AvgIpc) is 3.53. The largest absolute Gasteiger partial charge is 0.347 e. The Bertz CT molecular complexity index is 857. The molecule has 0 amide bonds. The number of ether oxygens (including phenoxy) is 2. The molecule has 0 saturated carbocycles. The first-order valence-electron chi connectivity index (χ1n) is 22.6. The summed E-state index contributed by atoms with van der Waals surface area (Å²) in [5, 5.41) is 0. The summed E-state index contributed by atoms with van der Waals surface area (Å²) in [6.45, 7) is 8.94. The Morgan fingerprint density at radius 2 is 1.00 bits per heavy atom. The first-order valence-corrected chi connectivity index (χ1v) is 22.6. The Morgan fingerprint density at radius 3 is 1.46 bits per heavy atom. The zero-order chi connectivity index (χ0) is 37.6. The van der Waals surface area contributed by atoms with Crippen molar-refractivity contribution >= 4 is 5.78 Å². The highest BCUT2D eigenvalue weighted by molar-refractivity contribution is 5.75. The number of hydrogen-bond donors (Lipinski definition) is 0. The first kappa shape index (κ1) is 48.5. The van der Waals surface area contributed by atoms with E-state index >= 15 is 0 Å². The number of hydrogen-bond acceptors (Lipinski definition) is 4. The van der Waals surface area contributed by atoms with Gasteiger partial charge in [0.15, 0.2) is 5.79 Å². The molecule has 0 aromatic heterocycles. The molecule has 1 fully saturated rings. The third-order valence-corrected chi connectivity index (χ3v) is 10.5. The Morgan fingerprint density at radius 1 is 0.577 bits per heavy atom. The topological polar surface area (TPSA) is 38.8 Å². The molecule has 0 aromatic carbocycles. The van der Waals surface area contributed by atoms with Crippen LogP contribution in [0.15, 0.2) is 48.6 Å². The molecule has 4 heteroatoms. The van der Waals surface area contributed by atoms with Crippen molar-refractivity contribution in [2.24, 2.45) is 0 Å². The normalized spacial score (nSPS) is 16.3. The summed E-state index contributed by atoms with van der Waals surface area (Å²) < 4.78 is 13.4. The van der Waals surface area contributed by atoms with Gasteiger partial charge in [-0.2, -0.15) is 0 Å². The number of carbonyl (C=O) groups excluding carboxylic acids is 1. The Labute approximate surface area is 324 Å². The monoisotopic (exact) mass is 726 g/mol. The highest BCUT2D eigenvalue weighted by atomic mass is 16.7. The number of unbranched alkanes of at least 4 members (excludes halogenated alkanes) is 20. The predicted octanol–water partition coefficient (Wildman–Crippen LogP) is 14.6. The van der Waals surface area contributed by atoms with Gasteiger partial charge in [-0.25, -0.2) is 0 Å². The molecule has 1 saturated heterocycles. The van der Waals surface area contributed by atoms with Crippen LogP contribution in [-0.4, -0.2) is 49.3 Å². The van der Waals surface area contributed by atoms with E-state index in [1.807, 2.05) is 0 Å². The van der Waals surface area contributed by atoms with Gasteiger partial charge >= 0.3 is 0 Å². The summed E-state index contributed by atoms with van der Waals surface area (Å²) in [4.78, 5) is 13.6. The highest BCUT2D eigenvalue weighted by Gasteiger charge is 2.40. The van der Waals surface area contributed by atoms with Gasteiger partial charge in [-0.3, -0.25) is 0 Å². The van der Waals surface area contributed by atoms with Gasteiger partial charge in [-0.05, 0) is 110 Å². The SMILES string of the molecule is CCCCC/C=C\C/C=C\CCCCCCCCC1(CCCCCCCC/C=C\C/C=C\CCCCC)OC[C@H](CN(C)CCCCCC(C)=O)O1. The van der Waals surface area contributed by atoms with E-state index in [-0.39, 0.29) is 11.9 Å². The van der Waals surface area contributed by atoms with Crippen molar-refractivity contribution in [3.63, 3.8) is 0 Å². The molecule has 0 aliphatic carbocycles. The fourth-order valence-corrected chi connectivity index (χ4v) is 7.23. The van der Waals surface area contributed by atoms with Crippen LogP contribution >= 0.6 is 0 Å². The Kier molecular flexibility index (Phi) is 34.0. The number of allylic oxidation sites excluding steroid dienone is 8. The van der Waals surface area contributed by atoms with Gasteiger partial charge in [0.1, 0.15) is 5.78 Å². The van der Waals surface area contributed by atoms with E-state index < -0.39 is 0 Å². The van der Waals surface area contributed by atoms with E-state index in [1.54, 1.807) is 6.92 Å². The summed E-state index contributed by atoms with van der Waals surface area (Å²) in [6, 6.07) is 0. The minimum absolute atomic E-state index is 0.163. The van der Waals surface area contributed by atoms with Crippen molar-refractivity contribution in [3.05, 3.63) is 48.6 Å². The zero-order valence-electron chi connectivity index (χ0n) is 35.2. The van der Waals surface area contributed by atoms with Crippen molar-refractivity contribution in [1.82, 2.24) is 4.90 Å². The molecule has 1 aliphatic heterocycles. The lowest BCUT2D eigenvalue weighted by Crippen LogP contribution is -2.35. The van der Waals surface area contributed by atoms with Crippen LogP contribution in [-0.2, 0) is 14.3 Å². The number of rotatable bonds is 38. The van der Waals surface area contributed by atoms with Crippen molar-refractivity contribution in [2.45, 2.75) is 225 Å². The molecular formula is C48H87NO3. The standard InChI is InChI=1S/C48H87NO3/c1-5-7-9-11-13-15-17-19-21-23-25-27-29-31-33-37-41-48(51-45-47(52-48)44-49(4)43-39-35-36-40-46(3)50)42-38-34-32-30-28-26-24-22-20-18-16-14-12-10-8-6-2/h13-16,19-22,47H,5-12,17-18,23-45H2,1-4H3/b15-13-,16-14-,21-19-,22-20-/t47-/m0/s1. The van der Waals surface area contributed by atoms with E-state index in [1.165, 1.54) is 141 Å². The molecular weight excluding hydrogens is 639 g/mol. The van der Waals surface area contributed by atoms with Gasteiger partial charge in [-0.1, -0.05) is 146 Å². The van der Waals surface area contributed by atoms with Crippen LogP contribution in [0, 0.1) is 0 Å². The molecule has 0 unspecified atom stereocenters. The summed E-state index contributed by atoms with van der Waals surface area (Å²) >= 11 is 0. The van der Waals surface area contributed by atoms with Crippen LogP contribution in [0.2, 0.25) is 0 Å². The van der Waals surface area contributed by atoms with Gasteiger partial charge in [0.2, 0.25) is 0 Å². The average molecular weight is 726 g/mol. The molecule has 0 radical (unpaired) electrons. The summed E-state index contributed by atoms with van der Waals surface area (Å²) in [5.74, 6) is -0.0712. The van der Waals surface area contributed by atoms with Crippen molar-refractivity contribution in [1.29, 1.82) is 0 Å². The number of Topliss-reactive ketones (excluding diaryl/α,β-unsaturated/α-hetero) is 1. The van der Waals surface area contributed by atoms with E-state index in [2.05, 4.69) is 74.4 Å². The summed E-state index contributed by atoms with van der Waals surface area (Å²) in [5.41, 5.74) is 0. The van der Waals surface area contributed by atoms with Crippen LogP contribution in [0.25, 0.3) is 0 Å². The summed E-state index contributed by atoms with van der Waals surface area (Å²) in [7, 11) is 2.21.